The smallest absolute Gasteiger partial charge is 0.491 e. The Balaban J connectivity index is 0.00000133. The van der Waals surface area contributed by atoms with E-state index in [0.29, 0.717) is 13.2 Å². The molecular formula is C12H16BBrClNO3. The van der Waals surface area contributed by atoms with Crippen molar-refractivity contribution >= 4 is 40.9 Å². The number of hydrogen-bond acceptors (Lipinski definition) is 4. The van der Waals surface area contributed by atoms with Crippen LogP contribution in [-0.2, 0) is 9.31 Å². The Morgan fingerprint density at radius 1 is 1.47 bits per heavy atom. The fourth-order valence-electron chi connectivity index (χ4n) is 2.41. The molecule has 1 atom stereocenters. The van der Waals surface area contributed by atoms with Gasteiger partial charge in [-0.05, 0) is 31.5 Å². The third-order valence-electron chi connectivity index (χ3n) is 3.25. The van der Waals surface area contributed by atoms with E-state index < -0.39 is 7.12 Å². The largest absolute Gasteiger partial charge is 0.499 e. The van der Waals surface area contributed by atoms with Crippen LogP contribution in [0.4, 0.5) is 0 Å². The maximum Gasteiger partial charge on any atom is 0.499 e. The fraction of sp³-hybridized carbons (Fsp3) is 0.500. The molecule has 1 aromatic rings. The van der Waals surface area contributed by atoms with Crippen LogP contribution in [0.15, 0.2) is 16.6 Å². The third kappa shape index (κ3) is 2.52. The molecule has 0 amide bonds. The second kappa shape index (κ2) is 5.26. The van der Waals surface area contributed by atoms with Gasteiger partial charge in [0, 0.05) is 16.5 Å². The van der Waals surface area contributed by atoms with Crippen molar-refractivity contribution in [1.29, 1.82) is 0 Å². The van der Waals surface area contributed by atoms with Crippen molar-refractivity contribution in [2.75, 3.05) is 13.2 Å². The molecule has 3 rings (SSSR count). The summed E-state index contributed by atoms with van der Waals surface area (Å²) in [6, 6.07) is 3.92. The van der Waals surface area contributed by atoms with Crippen LogP contribution >= 0.6 is 28.3 Å². The molecule has 2 aliphatic rings. The van der Waals surface area contributed by atoms with Crippen LogP contribution in [0.2, 0.25) is 0 Å². The van der Waals surface area contributed by atoms with Gasteiger partial charge in [0.25, 0.3) is 0 Å². The maximum atomic E-state index is 5.99. The number of rotatable bonds is 1. The molecule has 0 aliphatic carbocycles. The van der Waals surface area contributed by atoms with Crippen molar-refractivity contribution in [2.45, 2.75) is 25.6 Å². The highest BCUT2D eigenvalue weighted by atomic mass is 79.9. The average Bonchev–Trinajstić information content (AvgIpc) is 2.61. The second-order valence-electron chi connectivity index (χ2n) is 5.23. The number of halogens is 2. The van der Waals surface area contributed by atoms with Gasteiger partial charge in [0.15, 0.2) is 0 Å². The Kier molecular flexibility index (Phi) is 4.19. The number of ether oxygens (including phenoxy) is 1. The van der Waals surface area contributed by atoms with Gasteiger partial charge in [-0.2, -0.15) is 0 Å². The summed E-state index contributed by atoms with van der Waals surface area (Å²) in [5.74, 6) is 0.833. The molecule has 0 radical (unpaired) electrons. The quantitative estimate of drug-likeness (QED) is 0.786. The van der Waals surface area contributed by atoms with Gasteiger partial charge in [0.2, 0.25) is 0 Å². The highest BCUT2D eigenvalue weighted by Crippen LogP contribution is 2.36. The summed E-state index contributed by atoms with van der Waals surface area (Å²) in [4.78, 5) is 0. The van der Waals surface area contributed by atoms with Crippen molar-refractivity contribution in [3.05, 3.63) is 22.2 Å². The SMILES string of the molecule is CC1(C)COc2ccc(Br)c3c2B(OC3CN)O1.Cl. The molecule has 2 aliphatic heterocycles. The molecule has 0 spiro atoms. The molecule has 2 N–H and O–H groups in total. The van der Waals surface area contributed by atoms with Crippen molar-refractivity contribution in [2.24, 2.45) is 5.73 Å². The van der Waals surface area contributed by atoms with Crippen LogP contribution in [0.1, 0.15) is 25.5 Å². The van der Waals surface area contributed by atoms with Gasteiger partial charge in [-0.25, -0.2) is 0 Å². The van der Waals surface area contributed by atoms with E-state index in [4.69, 9.17) is 19.8 Å². The Morgan fingerprint density at radius 3 is 2.89 bits per heavy atom. The Labute approximate surface area is 127 Å². The van der Waals surface area contributed by atoms with Gasteiger partial charge in [-0.1, -0.05) is 15.9 Å². The normalized spacial score (nSPS) is 23.2. The van der Waals surface area contributed by atoms with Gasteiger partial charge in [0.1, 0.15) is 12.4 Å². The Hall–Kier alpha value is -0.265. The standard InChI is InChI=1S/C12H15BBrNO3.ClH/c1-12(2)6-16-8-4-3-7(14)10-9(5-15)17-13(18-12)11(8)10;/h3-4,9H,5-6,15H2,1-2H3;1H. The average molecular weight is 348 g/mol. The zero-order valence-corrected chi connectivity index (χ0v) is 13.2. The van der Waals surface area contributed by atoms with E-state index in [0.717, 1.165) is 21.2 Å². The summed E-state index contributed by atoms with van der Waals surface area (Å²) in [6.45, 7) is 4.92. The summed E-state index contributed by atoms with van der Waals surface area (Å²) in [5, 5.41) is 0. The minimum Gasteiger partial charge on any atom is -0.491 e. The summed E-state index contributed by atoms with van der Waals surface area (Å²) in [6.07, 6.45) is -0.142. The van der Waals surface area contributed by atoms with Crippen LogP contribution in [0.5, 0.6) is 5.75 Å². The van der Waals surface area contributed by atoms with Crippen molar-refractivity contribution < 1.29 is 14.0 Å². The maximum absolute atomic E-state index is 5.99. The van der Waals surface area contributed by atoms with Gasteiger partial charge in [-0.15, -0.1) is 12.4 Å². The van der Waals surface area contributed by atoms with Gasteiger partial charge in [0.05, 0.1) is 11.7 Å². The molecule has 0 aromatic heterocycles. The topological polar surface area (TPSA) is 53.7 Å². The first-order chi connectivity index (χ1) is 8.52. The Morgan fingerprint density at radius 2 is 2.21 bits per heavy atom. The van der Waals surface area contributed by atoms with Crippen LogP contribution < -0.4 is 15.9 Å². The summed E-state index contributed by atoms with van der Waals surface area (Å²) in [7, 11) is -0.390. The predicted molar refractivity (Wildman–Crippen MR) is 80.3 cm³/mol. The first kappa shape index (κ1) is 15.1. The lowest BCUT2D eigenvalue weighted by Gasteiger charge is -2.25. The van der Waals surface area contributed by atoms with Crippen molar-refractivity contribution in [3.8, 4) is 5.75 Å². The summed E-state index contributed by atoms with van der Waals surface area (Å²) < 4.78 is 18.7. The molecule has 0 saturated heterocycles. The molecule has 19 heavy (non-hydrogen) atoms. The highest BCUT2D eigenvalue weighted by molar-refractivity contribution is 9.10. The highest BCUT2D eigenvalue weighted by Gasteiger charge is 2.46. The number of hydrogen-bond donors (Lipinski definition) is 1. The molecule has 1 unspecified atom stereocenters. The van der Waals surface area contributed by atoms with Crippen LogP contribution in [0.3, 0.4) is 0 Å². The molecule has 0 bridgehead atoms. The van der Waals surface area contributed by atoms with Crippen molar-refractivity contribution in [3.63, 3.8) is 0 Å². The summed E-state index contributed by atoms with van der Waals surface area (Å²) in [5.41, 5.74) is 7.42. The molecule has 0 saturated carbocycles. The van der Waals surface area contributed by atoms with E-state index >= 15 is 0 Å². The van der Waals surface area contributed by atoms with E-state index in [9.17, 15) is 0 Å². The van der Waals surface area contributed by atoms with Crippen LogP contribution in [0, 0.1) is 0 Å². The van der Waals surface area contributed by atoms with Crippen molar-refractivity contribution in [1.82, 2.24) is 0 Å². The second-order valence-corrected chi connectivity index (χ2v) is 6.09. The van der Waals surface area contributed by atoms with E-state index in [-0.39, 0.29) is 24.1 Å². The molecule has 1 aromatic carbocycles. The van der Waals surface area contributed by atoms with Gasteiger partial charge in [-0.3, -0.25) is 0 Å². The first-order valence-electron chi connectivity index (χ1n) is 6.00. The van der Waals surface area contributed by atoms with Gasteiger partial charge >= 0.3 is 7.12 Å². The monoisotopic (exact) mass is 347 g/mol. The lowest BCUT2D eigenvalue weighted by atomic mass is 9.77. The fourth-order valence-corrected chi connectivity index (χ4v) is 3.01. The lowest BCUT2D eigenvalue weighted by Crippen LogP contribution is -2.40. The zero-order chi connectivity index (χ0) is 12.9. The number of benzene rings is 1. The lowest BCUT2D eigenvalue weighted by molar-refractivity contribution is 0.0281. The van der Waals surface area contributed by atoms with E-state index in [1.807, 2.05) is 26.0 Å². The molecule has 4 nitrogen and oxygen atoms in total. The van der Waals surface area contributed by atoms with E-state index in [1.165, 1.54) is 0 Å². The van der Waals surface area contributed by atoms with Crippen LogP contribution in [-0.4, -0.2) is 25.9 Å². The minimum atomic E-state index is -0.390. The molecular weight excluding hydrogens is 332 g/mol. The van der Waals surface area contributed by atoms with E-state index in [2.05, 4.69) is 15.9 Å². The zero-order valence-electron chi connectivity index (χ0n) is 10.8. The number of nitrogens with two attached hydrogens (primary N) is 1. The predicted octanol–water partition coefficient (Wildman–Crippen LogP) is 1.78. The molecule has 0 fully saturated rings. The third-order valence-corrected chi connectivity index (χ3v) is 3.95. The first-order valence-corrected chi connectivity index (χ1v) is 6.79. The van der Waals surface area contributed by atoms with Crippen LogP contribution in [0.25, 0.3) is 0 Å². The Bertz CT molecular complexity index is 500. The minimum absolute atomic E-state index is 0. The molecule has 2 heterocycles. The molecule has 104 valence electrons. The molecule has 7 heteroatoms. The van der Waals surface area contributed by atoms with E-state index in [1.54, 1.807) is 0 Å². The van der Waals surface area contributed by atoms with Gasteiger partial charge < -0.3 is 19.8 Å². The summed E-state index contributed by atoms with van der Waals surface area (Å²) >= 11 is 3.55.